The highest BCUT2D eigenvalue weighted by Gasteiger charge is 2.48. The third kappa shape index (κ3) is 3.78. The molecule has 0 saturated carbocycles. The van der Waals surface area contributed by atoms with Gasteiger partial charge in [-0.15, -0.1) is 0 Å². The molecule has 31 heavy (non-hydrogen) atoms. The zero-order valence-corrected chi connectivity index (χ0v) is 20.0. The fourth-order valence-electron chi connectivity index (χ4n) is 4.96. The van der Waals surface area contributed by atoms with Crippen molar-refractivity contribution in [2.45, 2.75) is 58.6 Å². The Balaban J connectivity index is 1.73. The zero-order valence-electron chi connectivity index (χ0n) is 18.5. The van der Waals surface area contributed by atoms with Gasteiger partial charge in [-0.2, -0.15) is 0 Å². The van der Waals surface area contributed by atoms with Crippen LogP contribution in [0, 0.1) is 12.3 Å². The van der Waals surface area contributed by atoms with Crippen molar-refractivity contribution in [3.63, 3.8) is 0 Å². The second kappa shape index (κ2) is 8.39. The molecule has 1 aromatic carbocycles. The number of nitrogens with zero attached hydrogens (tertiary/aromatic N) is 3. The zero-order chi connectivity index (χ0) is 22.5. The second-order valence-electron chi connectivity index (χ2n) is 9.16. The van der Waals surface area contributed by atoms with E-state index in [0.29, 0.717) is 33.7 Å². The Hall–Kier alpha value is -1.60. The minimum atomic E-state index is -0.100. The molecule has 3 heterocycles. The van der Waals surface area contributed by atoms with Crippen LogP contribution in [0.3, 0.4) is 0 Å². The fraction of sp³-hybridized carbons (Fsp3) is 0.565. The van der Waals surface area contributed by atoms with Gasteiger partial charge >= 0.3 is 0 Å². The molecule has 2 saturated heterocycles. The third-order valence-corrected chi connectivity index (χ3v) is 7.73. The molecule has 0 radical (unpaired) electrons. The lowest BCUT2D eigenvalue weighted by atomic mass is 9.73. The number of piperidine rings is 1. The second-order valence-corrected chi connectivity index (χ2v) is 9.94. The lowest BCUT2D eigenvalue weighted by molar-refractivity contribution is 0.0974. The van der Waals surface area contributed by atoms with Gasteiger partial charge in [0.1, 0.15) is 11.6 Å². The van der Waals surface area contributed by atoms with E-state index < -0.39 is 0 Å². The fourth-order valence-corrected chi connectivity index (χ4v) is 5.34. The first-order valence-corrected chi connectivity index (χ1v) is 11.6. The van der Waals surface area contributed by atoms with Crippen molar-refractivity contribution in [2.75, 3.05) is 24.6 Å². The molecule has 0 amide bonds. The highest BCUT2D eigenvalue weighted by molar-refractivity contribution is 6.43. The van der Waals surface area contributed by atoms with Crippen molar-refractivity contribution >= 4 is 29.0 Å². The van der Waals surface area contributed by atoms with Crippen molar-refractivity contribution in [3.8, 4) is 5.69 Å². The molecule has 0 bridgehead atoms. The molecule has 0 unspecified atom stereocenters. The van der Waals surface area contributed by atoms with Crippen molar-refractivity contribution in [1.82, 2.24) is 9.55 Å². The van der Waals surface area contributed by atoms with Gasteiger partial charge in [0.25, 0.3) is 5.56 Å². The molecule has 1 aromatic heterocycles. The minimum Gasteiger partial charge on any atom is -0.376 e. The van der Waals surface area contributed by atoms with E-state index in [-0.39, 0.29) is 29.0 Å². The Kier molecular flexibility index (Phi) is 6.12. The molecule has 168 valence electrons. The molecule has 2 aliphatic rings. The monoisotopic (exact) mass is 464 g/mol. The van der Waals surface area contributed by atoms with Crippen LogP contribution in [0.15, 0.2) is 23.0 Å². The molecule has 2 aliphatic heterocycles. The number of nitrogens with two attached hydrogens (primary N) is 1. The topological polar surface area (TPSA) is 73.4 Å². The van der Waals surface area contributed by atoms with Crippen LogP contribution in [0.5, 0.6) is 0 Å². The molecule has 8 heteroatoms. The maximum atomic E-state index is 13.7. The minimum absolute atomic E-state index is 0.00721. The predicted octanol–water partition coefficient (Wildman–Crippen LogP) is 4.30. The highest BCUT2D eigenvalue weighted by Crippen LogP contribution is 2.42. The van der Waals surface area contributed by atoms with Crippen molar-refractivity contribution < 1.29 is 4.74 Å². The third-order valence-electron chi connectivity index (χ3n) is 6.92. The Morgan fingerprint density at radius 3 is 2.52 bits per heavy atom. The predicted molar refractivity (Wildman–Crippen MR) is 126 cm³/mol. The maximum Gasteiger partial charge on any atom is 0.263 e. The van der Waals surface area contributed by atoms with E-state index in [1.165, 1.54) is 0 Å². The number of hydrogen-bond donors (Lipinski definition) is 1. The number of ether oxygens (including phenoxy) is 1. The highest BCUT2D eigenvalue weighted by atomic mass is 35.5. The largest absolute Gasteiger partial charge is 0.376 e. The maximum absolute atomic E-state index is 13.7. The molecule has 2 fully saturated rings. The molecule has 2 aromatic rings. The summed E-state index contributed by atoms with van der Waals surface area (Å²) in [6, 6.07) is 5.34. The summed E-state index contributed by atoms with van der Waals surface area (Å²) in [5, 5.41) is 0.759. The van der Waals surface area contributed by atoms with Crippen LogP contribution in [-0.4, -0.2) is 41.4 Å². The van der Waals surface area contributed by atoms with E-state index in [4.69, 9.17) is 38.7 Å². The summed E-state index contributed by atoms with van der Waals surface area (Å²) >= 11 is 12.6. The number of halogens is 2. The van der Waals surface area contributed by atoms with Gasteiger partial charge in [-0.1, -0.05) is 43.1 Å². The first-order chi connectivity index (χ1) is 14.7. The summed E-state index contributed by atoms with van der Waals surface area (Å²) in [7, 11) is 0. The van der Waals surface area contributed by atoms with E-state index >= 15 is 0 Å². The van der Waals surface area contributed by atoms with Gasteiger partial charge in [0.15, 0.2) is 0 Å². The summed E-state index contributed by atoms with van der Waals surface area (Å²) in [5.41, 5.74) is 7.64. The average molecular weight is 465 g/mol. The number of aryl methyl sites for hydroxylation is 1. The van der Waals surface area contributed by atoms with Crippen LogP contribution in [0.25, 0.3) is 5.69 Å². The Morgan fingerprint density at radius 2 is 1.94 bits per heavy atom. The summed E-state index contributed by atoms with van der Waals surface area (Å²) in [6.07, 6.45) is 1.95. The number of hydrogen-bond acceptors (Lipinski definition) is 5. The summed E-state index contributed by atoms with van der Waals surface area (Å²) < 4.78 is 7.42. The first-order valence-electron chi connectivity index (χ1n) is 10.9. The van der Waals surface area contributed by atoms with Crippen LogP contribution < -0.4 is 16.2 Å². The van der Waals surface area contributed by atoms with Gasteiger partial charge in [-0.25, -0.2) is 4.98 Å². The van der Waals surface area contributed by atoms with Gasteiger partial charge in [0, 0.05) is 24.5 Å². The lowest BCUT2D eigenvalue weighted by Crippen LogP contribution is -2.51. The van der Waals surface area contributed by atoms with Crippen LogP contribution in [0.1, 0.15) is 50.9 Å². The Bertz CT molecular complexity index is 1040. The molecular formula is C23H30Cl2N4O2. The van der Waals surface area contributed by atoms with Crippen LogP contribution in [0.2, 0.25) is 10.0 Å². The smallest absolute Gasteiger partial charge is 0.263 e. The number of aromatic nitrogens is 2. The SMILES string of the molecule is Cc1nc(N2CCC3(CC2)CO[C@H](C)[C@H]3N)c(C(C)C)c(=O)n1-c1cccc(Cl)c1Cl. The molecule has 6 nitrogen and oxygen atoms in total. The van der Waals surface area contributed by atoms with Gasteiger partial charge in [0.05, 0.1) is 34.0 Å². The molecule has 0 aliphatic carbocycles. The van der Waals surface area contributed by atoms with E-state index in [1.807, 2.05) is 27.7 Å². The number of rotatable bonds is 3. The summed E-state index contributed by atoms with van der Waals surface area (Å²) in [4.78, 5) is 20.8. The van der Waals surface area contributed by atoms with E-state index in [9.17, 15) is 4.79 Å². The van der Waals surface area contributed by atoms with Gasteiger partial charge in [-0.3, -0.25) is 9.36 Å². The number of anilines is 1. The quantitative estimate of drug-likeness (QED) is 0.732. The summed E-state index contributed by atoms with van der Waals surface area (Å²) in [6.45, 7) is 10.2. The van der Waals surface area contributed by atoms with Crippen LogP contribution >= 0.6 is 23.2 Å². The van der Waals surface area contributed by atoms with Crippen molar-refractivity contribution in [1.29, 1.82) is 0 Å². The first kappa shape index (κ1) is 22.6. The molecular weight excluding hydrogens is 435 g/mol. The standard InChI is InChI=1S/C23H30Cl2N4O2/c1-13(2)18-21(28-10-8-23(9-11-28)12-31-14(3)20(23)26)27-15(4)29(22(18)30)17-7-5-6-16(24)19(17)25/h5-7,13-14,20H,8-12,26H2,1-4H3/t14-,20-/m1/s1. The van der Waals surface area contributed by atoms with Gasteiger partial charge in [0.2, 0.25) is 0 Å². The van der Waals surface area contributed by atoms with E-state index in [1.54, 1.807) is 22.8 Å². The average Bonchev–Trinajstić information content (AvgIpc) is 2.99. The molecule has 4 rings (SSSR count). The van der Waals surface area contributed by atoms with Crippen molar-refractivity contribution in [3.05, 3.63) is 50.0 Å². The lowest BCUT2D eigenvalue weighted by Gasteiger charge is -2.42. The Labute approximate surface area is 193 Å². The van der Waals surface area contributed by atoms with E-state index in [2.05, 4.69) is 4.90 Å². The van der Waals surface area contributed by atoms with Crippen molar-refractivity contribution in [2.24, 2.45) is 11.1 Å². The molecule has 2 atom stereocenters. The van der Waals surface area contributed by atoms with Gasteiger partial charge < -0.3 is 15.4 Å². The normalized spacial score (nSPS) is 23.2. The number of benzene rings is 1. The summed E-state index contributed by atoms with van der Waals surface area (Å²) in [5.74, 6) is 1.36. The van der Waals surface area contributed by atoms with Crippen LogP contribution in [-0.2, 0) is 4.74 Å². The Morgan fingerprint density at radius 1 is 1.26 bits per heavy atom. The van der Waals surface area contributed by atoms with Gasteiger partial charge in [-0.05, 0) is 44.7 Å². The van der Waals surface area contributed by atoms with E-state index in [0.717, 1.165) is 31.7 Å². The molecule has 2 N–H and O–H groups in total. The molecule has 1 spiro atoms. The van der Waals surface area contributed by atoms with Crippen LogP contribution in [0.4, 0.5) is 5.82 Å².